The topological polar surface area (TPSA) is 160 Å². The van der Waals surface area contributed by atoms with Gasteiger partial charge >= 0.3 is 5.97 Å². The molecular weight excluding hydrogens is 684 g/mol. The molecule has 0 aromatic carbocycles. The van der Waals surface area contributed by atoms with Crippen LogP contribution in [0.1, 0.15) is 107 Å². The van der Waals surface area contributed by atoms with Crippen LogP contribution in [-0.2, 0) is 47.9 Å². The normalized spacial score (nSPS) is 20.4. The van der Waals surface area contributed by atoms with E-state index in [-0.39, 0.29) is 85.3 Å². The molecule has 0 N–H and O–H groups in total. The number of hydrogen-bond donors (Lipinski definition) is 0. The number of likely N-dealkylation sites (tertiary alicyclic amines) is 1. The number of carbonyl (C=O) groups excluding carboxylic acids is 7. The maximum Gasteiger partial charge on any atom is 0.347 e. The molecule has 14 heteroatoms. The molecule has 2 aliphatic rings. The van der Waals surface area contributed by atoms with E-state index >= 15 is 0 Å². The molecule has 0 aliphatic carbocycles. The Bertz CT molecular complexity index is 1290. The van der Waals surface area contributed by atoms with Crippen molar-refractivity contribution in [1.82, 2.24) is 19.8 Å². The molecule has 2 fully saturated rings. The van der Waals surface area contributed by atoms with Crippen LogP contribution in [-0.4, -0.2) is 133 Å². The van der Waals surface area contributed by atoms with Crippen LogP contribution in [0.5, 0.6) is 0 Å². The molecule has 0 radical (unpaired) electrons. The van der Waals surface area contributed by atoms with Crippen molar-refractivity contribution in [3.63, 3.8) is 0 Å². The van der Waals surface area contributed by atoms with Gasteiger partial charge in [0.05, 0.1) is 43.3 Å². The van der Waals surface area contributed by atoms with E-state index in [1.54, 1.807) is 33.2 Å². The molecule has 2 saturated heterocycles. The second-order valence-electron chi connectivity index (χ2n) is 15.6. The summed E-state index contributed by atoms with van der Waals surface area (Å²) >= 11 is 0. The zero-order valence-corrected chi connectivity index (χ0v) is 34.2. The number of likely N-dealkylation sites (N-methyl/N-ethyl adjacent to an activating group) is 2. The second kappa shape index (κ2) is 21.0. The standard InChI is InChI=1S/C39H66N4O10/c1-13-25(7)37(31(51-11)21-34(48)42-19-15-16-28(42)38(52-12)26(8)29(44)14-2)41(10)39(50)27(23(3)4)20-30(45)36(24(5)6)40(9)22-35(49)53-43-32(46)17-18-33(43)47/h23-28,31,36-38H,13-22H2,1-12H3/t25-,26-,27-,28-,31+,36-,37-,38+/m0/s1. The van der Waals surface area contributed by atoms with Gasteiger partial charge in [-0.2, -0.15) is 0 Å². The van der Waals surface area contributed by atoms with E-state index < -0.39 is 48.0 Å². The summed E-state index contributed by atoms with van der Waals surface area (Å²) in [6, 6.07) is -1.47. The molecule has 302 valence electrons. The van der Waals surface area contributed by atoms with Gasteiger partial charge in [0.2, 0.25) is 11.8 Å². The maximum atomic E-state index is 14.4. The molecular formula is C39H66N4O10. The molecule has 4 amide bonds. The Morgan fingerprint density at radius 3 is 1.94 bits per heavy atom. The smallest absolute Gasteiger partial charge is 0.347 e. The molecule has 2 aliphatic heterocycles. The van der Waals surface area contributed by atoms with Crippen LogP contribution in [0.2, 0.25) is 0 Å². The van der Waals surface area contributed by atoms with Crippen molar-refractivity contribution in [2.75, 3.05) is 41.4 Å². The van der Waals surface area contributed by atoms with Crippen molar-refractivity contribution in [3.05, 3.63) is 0 Å². The van der Waals surface area contributed by atoms with Gasteiger partial charge in [0.1, 0.15) is 5.78 Å². The summed E-state index contributed by atoms with van der Waals surface area (Å²) < 4.78 is 11.8. The highest BCUT2D eigenvalue weighted by molar-refractivity contribution is 6.01. The lowest BCUT2D eigenvalue weighted by Gasteiger charge is -2.41. The van der Waals surface area contributed by atoms with Crippen molar-refractivity contribution >= 4 is 41.2 Å². The number of nitrogens with zero attached hydrogens (tertiary/aromatic N) is 4. The van der Waals surface area contributed by atoms with E-state index in [1.165, 1.54) is 4.90 Å². The number of methoxy groups -OCH3 is 2. The molecule has 8 atom stereocenters. The Balaban J connectivity index is 2.26. The first-order chi connectivity index (χ1) is 24.9. The van der Waals surface area contributed by atoms with Gasteiger partial charge in [0.15, 0.2) is 5.78 Å². The highest BCUT2D eigenvalue weighted by atomic mass is 16.7. The van der Waals surface area contributed by atoms with Crippen LogP contribution in [0.15, 0.2) is 0 Å². The summed E-state index contributed by atoms with van der Waals surface area (Å²) in [4.78, 5) is 102. The van der Waals surface area contributed by atoms with Gasteiger partial charge in [-0.15, -0.1) is 5.06 Å². The number of ether oxygens (including phenoxy) is 2. The van der Waals surface area contributed by atoms with Crippen LogP contribution in [0.3, 0.4) is 0 Å². The molecule has 53 heavy (non-hydrogen) atoms. The second-order valence-corrected chi connectivity index (χ2v) is 15.6. The van der Waals surface area contributed by atoms with E-state index in [0.717, 1.165) is 12.8 Å². The fraction of sp³-hybridized carbons (Fsp3) is 0.821. The minimum Gasteiger partial charge on any atom is -0.379 e. The summed E-state index contributed by atoms with van der Waals surface area (Å²) in [5.41, 5.74) is 0. The third-order valence-electron chi connectivity index (χ3n) is 11.3. The zero-order valence-electron chi connectivity index (χ0n) is 34.2. The Morgan fingerprint density at radius 1 is 0.849 bits per heavy atom. The largest absolute Gasteiger partial charge is 0.379 e. The lowest BCUT2D eigenvalue weighted by atomic mass is 9.83. The predicted molar refractivity (Wildman–Crippen MR) is 198 cm³/mol. The highest BCUT2D eigenvalue weighted by Gasteiger charge is 2.43. The molecule has 0 bridgehead atoms. The highest BCUT2D eigenvalue weighted by Crippen LogP contribution is 2.31. The number of ketones is 2. The Kier molecular flexibility index (Phi) is 18.2. The van der Waals surface area contributed by atoms with Gasteiger partial charge in [-0.1, -0.05) is 61.8 Å². The number of rotatable bonds is 22. The fourth-order valence-electron chi connectivity index (χ4n) is 8.09. The zero-order chi connectivity index (χ0) is 40.3. The first kappa shape index (κ1) is 45.9. The number of carbonyl (C=O) groups is 7. The third kappa shape index (κ3) is 11.6. The lowest BCUT2D eigenvalue weighted by molar-refractivity contribution is -0.198. The number of Topliss-reactive ketones (excluding diaryl/α,β-unsaturated/α-hetero) is 2. The minimum absolute atomic E-state index is 0.0250. The molecule has 0 unspecified atom stereocenters. The van der Waals surface area contributed by atoms with E-state index in [2.05, 4.69) is 0 Å². The van der Waals surface area contributed by atoms with E-state index in [9.17, 15) is 33.6 Å². The number of hydrogen-bond acceptors (Lipinski definition) is 11. The first-order valence-electron chi connectivity index (χ1n) is 19.3. The lowest BCUT2D eigenvalue weighted by Crippen LogP contribution is -2.54. The summed E-state index contributed by atoms with van der Waals surface area (Å²) in [6.07, 6.45) is 1.46. The van der Waals surface area contributed by atoms with Crippen LogP contribution in [0, 0.1) is 29.6 Å². The Labute approximate surface area is 316 Å². The van der Waals surface area contributed by atoms with E-state index in [4.69, 9.17) is 14.3 Å². The first-order valence-corrected chi connectivity index (χ1v) is 19.3. The van der Waals surface area contributed by atoms with Crippen molar-refractivity contribution in [2.45, 2.75) is 137 Å². The van der Waals surface area contributed by atoms with Crippen molar-refractivity contribution < 1.29 is 47.9 Å². The van der Waals surface area contributed by atoms with E-state index in [0.29, 0.717) is 24.4 Å². The summed E-state index contributed by atoms with van der Waals surface area (Å²) in [5.74, 6) is -4.08. The van der Waals surface area contributed by atoms with Crippen LogP contribution in [0.25, 0.3) is 0 Å². The van der Waals surface area contributed by atoms with Crippen LogP contribution < -0.4 is 0 Å². The average molecular weight is 751 g/mol. The summed E-state index contributed by atoms with van der Waals surface area (Å²) in [7, 11) is 6.42. The molecule has 0 saturated carbocycles. The van der Waals surface area contributed by atoms with Gasteiger partial charge in [0.25, 0.3) is 11.8 Å². The Morgan fingerprint density at radius 2 is 1.45 bits per heavy atom. The summed E-state index contributed by atoms with van der Waals surface area (Å²) in [5, 5.41) is 0.482. The monoisotopic (exact) mass is 750 g/mol. The molecule has 0 spiro atoms. The quantitative estimate of drug-likeness (QED) is 0.149. The fourth-order valence-corrected chi connectivity index (χ4v) is 8.09. The van der Waals surface area contributed by atoms with Gasteiger partial charge in [-0.05, 0) is 37.6 Å². The SMILES string of the molecule is CCC(=O)[C@H](C)[C@@H](OC)[C@@H]1CCCN1C(=O)C[C@@H](OC)[C@H]([C@@H](C)CC)N(C)C(=O)[C@@H](CC(=O)[C@H](C(C)C)N(C)CC(=O)ON1C(=O)CCC1=O)C(C)C. The van der Waals surface area contributed by atoms with Gasteiger partial charge in [0, 0.05) is 65.3 Å². The van der Waals surface area contributed by atoms with E-state index in [1.807, 2.05) is 60.3 Å². The average Bonchev–Trinajstić information content (AvgIpc) is 3.71. The van der Waals surface area contributed by atoms with Gasteiger partial charge in [-0.3, -0.25) is 33.7 Å². The van der Waals surface area contributed by atoms with Crippen molar-refractivity contribution in [3.8, 4) is 0 Å². The van der Waals surface area contributed by atoms with Crippen molar-refractivity contribution in [1.29, 1.82) is 0 Å². The third-order valence-corrected chi connectivity index (χ3v) is 11.3. The predicted octanol–water partition coefficient (Wildman–Crippen LogP) is 3.68. The van der Waals surface area contributed by atoms with Crippen LogP contribution in [0.4, 0.5) is 0 Å². The van der Waals surface area contributed by atoms with Crippen LogP contribution >= 0.6 is 0 Å². The van der Waals surface area contributed by atoms with Gasteiger partial charge < -0.3 is 24.1 Å². The van der Waals surface area contributed by atoms with Crippen molar-refractivity contribution in [2.24, 2.45) is 29.6 Å². The molecule has 2 heterocycles. The maximum absolute atomic E-state index is 14.4. The Hall–Kier alpha value is -3.23. The molecule has 14 nitrogen and oxygen atoms in total. The van der Waals surface area contributed by atoms with Gasteiger partial charge in [-0.25, -0.2) is 4.79 Å². The molecule has 2 rings (SSSR count). The molecule has 0 aromatic rings. The number of hydroxylamine groups is 2. The molecule has 0 aromatic heterocycles. The summed E-state index contributed by atoms with van der Waals surface area (Å²) in [6.45, 7) is 15.4. The minimum atomic E-state index is -0.843. The number of amides is 4. The number of imide groups is 1.